The van der Waals surface area contributed by atoms with Gasteiger partial charge in [-0.05, 0) is 31.2 Å². The summed E-state index contributed by atoms with van der Waals surface area (Å²) in [7, 11) is 0. The average molecular weight is 355 g/mol. The molecule has 0 bridgehead atoms. The van der Waals surface area contributed by atoms with E-state index in [1.54, 1.807) is 37.3 Å². The molecular weight excluding hydrogens is 342 g/mol. The summed E-state index contributed by atoms with van der Waals surface area (Å²) in [5, 5.41) is 17.1. The van der Waals surface area contributed by atoms with Crippen LogP contribution in [0, 0.1) is 17.0 Å². The highest BCUT2D eigenvalue weighted by Crippen LogP contribution is 2.31. The van der Waals surface area contributed by atoms with Crippen LogP contribution in [-0.4, -0.2) is 16.0 Å². The third kappa shape index (κ3) is 4.04. The van der Waals surface area contributed by atoms with Crippen molar-refractivity contribution in [3.05, 3.63) is 76.0 Å². The van der Waals surface area contributed by atoms with Gasteiger partial charge < -0.3 is 4.52 Å². The van der Waals surface area contributed by atoms with Crippen LogP contribution >= 0.6 is 11.8 Å². The Morgan fingerprint density at radius 2 is 1.92 bits per heavy atom. The van der Waals surface area contributed by atoms with Crippen LogP contribution in [-0.2, 0) is 0 Å². The van der Waals surface area contributed by atoms with Gasteiger partial charge in [-0.15, -0.1) is 0 Å². The van der Waals surface area contributed by atoms with Crippen LogP contribution in [0.4, 0.5) is 11.6 Å². The summed E-state index contributed by atoms with van der Waals surface area (Å²) in [6.45, 7) is 1.76. The molecule has 0 saturated heterocycles. The van der Waals surface area contributed by atoms with Gasteiger partial charge in [0.05, 0.1) is 16.2 Å². The number of nitro benzene ring substituents is 1. The summed E-state index contributed by atoms with van der Waals surface area (Å²) < 4.78 is 5.00. The number of nitrogens with zero attached hydrogens (tertiary/aromatic N) is 2. The number of aryl methyl sites for hydroxylation is 1. The van der Waals surface area contributed by atoms with E-state index in [0.717, 1.165) is 9.79 Å². The second-order valence-electron chi connectivity index (χ2n) is 5.14. The van der Waals surface area contributed by atoms with E-state index in [1.807, 2.05) is 12.1 Å². The molecule has 126 valence electrons. The summed E-state index contributed by atoms with van der Waals surface area (Å²) in [5.74, 6) is -0.0428. The first-order valence-corrected chi connectivity index (χ1v) is 8.10. The third-order valence-corrected chi connectivity index (χ3v) is 4.36. The number of rotatable bonds is 5. The van der Waals surface area contributed by atoms with Gasteiger partial charge in [-0.25, -0.2) is 0 Å². The van der Waals surface area contributed by atoms with Crippen LogP contribution in [0.1, 0.15) is 16.1 Å². The number of anilines is 1. The van der Waals surface area contributed by atoms with Gasteiger partial charge in [0.15, 0.2) is 0 Å². The zero-order valence-electron chi connectivity index (χ0n) is 13.1. The zero-order chi connectivity index (χ0) is 17.8. The second kappa shape index (κ2) is 7.18. The number of carbonyl (C=O) groups is 1. The molecule has 0 aliphatic heterocycles. The number of carbonyl (C=O) groups excluding carboxylic acids is 1. The Hall–Kier alpha value is -3.13. The molecule has 0 aliphatic carbocycles. The molecule has 0 unspecified atom stereocenters. The van der Waals surface area contributed by atoms with E-state index in [2.05, 4.69) is 10.5 Å². The topological polar surface area (TPSA) is 98.3 Å². The minimum absolute atomic E-state index is 0.0241. The van der Waals surface area contributed by atoms with Crippen molar-refractivity contribution in [3.8, 4) is 0 Å². The monoisotopic (exact) mass is 355 g/mol. The molecule has 0 saturated carbocycles. The minimum atomic E-state index is -0.449. The fourth-order valence-corrected chi connectivity index (χ4v) is 3.05. The molecular formula is C17H13N3O4S. The van der Waals surface area contributed by atoms with Crippen molar-refractivity contribution >= 4 is 29.2 Å². The van der Waals surface area contributed by atoms with Crippen LogP contribution < -0.4 is 5.32 Å². The Balaban J connectivity index is 1.80. The van der Waals surface area contributed by atoms with Crippen molar-refractivity contribution < 1.29 is 14.2 Å². The Morgan fingerprint density at radius 1 is 1.20 bits per heavy atom. The van der Waals surface area contributed by atoms with Crippen LogP contribution in [0.5, 0.6) is 0 Å². The smallest absolute Gasteiger partial charge is 0.269 e. The first-order chi connectivity index (χ1) is 12.0. The fraction of sp³-hybridized carbons (Fsp3) is 0.0588. The van der Waals surface area contributed by atoms with Crippen molar-refractivity contribution in [1.82, 2.24) is 5.16 Å². The third-order valence-electron chi connectivity index (χ3n) is 3.27. The van der Waals surface area contributed by atoms with E-state index in [-0.39, 0.29) is 17.5 Å². The Bertz CT molecular complexity index is 922. The maximum absolute atomic E-state index is 12.5. The number of nitro groups is 1. The molecule has 1 amide bonds. The van der Waals surface area contributed by atoms with E-state index in [0.29, 0.717) is 11.3 Å². The van der Waals surface area contributed by atoms with E-state index in [9.17, 15) is 14.9 Å². The quantitative estimate of drug-likeness (QED) is 0.541. The molecule has 1 N–H and O–H groups in total. The van der Waals surface area contributed by atoms with E-state index >= 15 is 0 Å². The lowest BCUT2D eigenvalue weighted by Crippen LogP contribution is -2.12. The van der Waals surface area contributed by atoms with Crippen molar-refractivity contribution in [1.29, 1.82) is 0 Å². The molecule has 7 nitrogen and oxygen atoms in total. The normalized spacial score (nSPS) is 10.4. The van der Waals surface area contributed by atoms with Crippen LogP contribution in [0.15, 0.2) is 68.9 Å². The minimum Gasteiger partial charge on any atom is -0.338 e. The number of nitrogens with one attached hydrogen (secondary N) is 1. The van der Waals surface area contributed by atoms with Gasteiger partial charge in [0.1, 0.15) is 0 Å². The molecule has 25 heavy (non-hydrogen) atoms. The van der Waals surface area contributed by atoms with Gasteiger partial charge in [0.2, 0.25) is 5.88 Å². The highest BCUT2D eigenvalue weighted by molar-refractivity contribution is 7.99. The first-order valence-electron chi connectivity index (χ1n) is 7.29. The maximum atomic E-state index is 12.5. The maximum Gasteiger partial charge on any atom is 0.269 e. The van der Waals surface area contributed by atoms with Crippen molar-refractivity contribution in [2.45, 2.75) is 16.7 Å². The van der Waals surface area contributed by atoms with Gasteiger partial charge in [-0.2, -0.15) is 0 Å². The summed E-state index contributed by atoms with van der Waals surface area (Å²) >= 11 is 1.35. The number of benzene rings is 2. The summed E-state index contributed by atoms with van der Waals surface area (Å²) in [6, 6.07) is 14.9. The van der Waals surface area contributed by atoms with Crippen LogP contribution in [0.25, 0.3) is 0 Å². The van der Waals surface area contributed by atoms with Crippen molar-refractivity contribution in [3.63, 3.8) is 0 Å². The highest BCUT2D eigenvalue weighted by Gasteiger charge is 2.14. The molecule has 3 aromatic rings. The second-order valence-corrected chi connectivity index (χ2v) is 6.25. The fourth-order valence-electron chi connectivity index (χ4n) is 2.11. The number of hydrogen-bond donors (Lipinski definition) is 1. The van der Waals surface area contributed by atoms with Crippen LogP contribution in [0.2, 0.25) is 0 Å². The molecule has 0 atom stereocenters. The van der Waals surface area contributed by atoms with E-state index in [1.165, 1.54) is 23.9 Å². The summed E-state index contributed by atoms with van der Waals surface area (Å²) in [5.41, 5.74) is 1.17. The molecule has 0 fully saturated rings. The van der Waals surface area contributed by atoms with Crippen molar-refractivity contribution in [2.75, 3.05) is 5.32 Å². The molecule has 3 rings (SSSR count). The number of amides is 1. The summed E-state index contributed by atoms with van der Waals surface area (Å²) in [4.78, 5) is 24.3. The molecule has 0 aliphatic rings. The molecule has 1 aromatic heterocycles. The predicted octanol–water partition coefficient (Wildman–Crippen LogP) is 4.29. The van der Waals surface area contributed by atoms with Gasteiger partial charge in [0.25, 0.3) is 11.6 Å². The largest absolute Gasteiger partial charge is 0.338 e. The van der Waals surface area contributed by atoms with Gasteiger partial charge in [-0.1, -0.05) is 29.1 Å². The average Bonchev–Trinajstić information content (AvgIpc) is 3.00. The Morgan fingerprint density at radius 3 is 2.56 bits per heavy atom. The van der Waals surface area contributed by atoms with E-state index in [4.69, 9.17) is 4.52 Å². The summed E-state index contributed by atoms with van der Waals surface area (Å²) in [6.07, 6.45) is 0. The SMILES string of the molecule is Cc1cc(NC(=O)c2ccccc2Sc2ccc([N+](=O)[O-])cc2)on1. The zero-order valence-corrected chi connectivity index (χ0v) is 13.9. The van der Waals surface area contributed by atoms with Gasteiger partial charge in [-0.3, -0.25) is 20.2 Å². The molecule has 0 radical (unpaired) electrons. The van der Waals surface area contributed by atoms with Gasteiger partial charge in [0, 0.05) is 28.0 Å². The number of non-ortho nitro benzene ring substituents is 1. The Kier molecular flexibility index (Phi) is 4.80. The standard InChI is InChI=1S/C17H13N3O4S/c1-11-10-16(24-19-11)18-17(21)14-4-2-3-5-15(14)25-13-8-6-12(7-9-13)20(22)23/h2-10H,1H3,(H,18,21). The highest BCUT2D eigenvalue weighted by atomic mass is 32.2. The lowest BCUT2D eigenvalue weighted by molar-refractivity contribution is -0.384. The van der Waals surface area contributed by atoms with E-state index < -0.39 is 4.92 Å². The van der Waals surface area contributed by atoms with Gasteiger partial charge >= 0.3 is 0 Å². The lowest BCUT2D eigenvalue weighted by atomic mass is 10.2. The molecule has 1 heterocycles. The number of aromatic nitrogens is 1. The molecule has 8 heteroatoms. The first kappa shape index (κ1) is 16.7. The van der Waals surface area contributed by atoms with Crippen LogP contribution in [0.3, 0.4) is 0 Å². The molecule has 2 aromatic carbocycles. The predicted molar refractivity (Wildman–Crippen MR) is 92.9 cm³/mol. The molecule has 0 spiro atoms. The lowest BCUT2D eigenvalue weighted by Gasteiger charge is -2.08. The number of hydrogen-bond acceptors (Lipinski definition) is 6. The van der Waals surface area contributed by atoms with Crippen molar-refractivity contribution in [2.24, 2.45) is 0 Å². The Labute approximate surface area is 147 Å².